The molecule has 0 fully saturated rings. The fraction of sp³-hybridized carbons (Fsp3) is 0.462. The molecule has 1 amide bonds. The molecule has 100 valence electrons. The van der Waals surface area contributed by atoms with E-state index in [0.29, 0.717) is 13.2 Å². The lowest BCUT2D eigenvalue weighted by Gasteiger charge is -2.12. The molecule has 0 unspecified atom stereocenters. The fourth-order valence-corrected chi connectivity index (χ4v) is 2.29. The van der Waals surface area contributed by atoms with Gasteiger partial charge in [0, 0.05) is 18.1 Å². The van der Waals surface area contributed by atoms with Crippen LogP contribution in [0.15, 0.2) is 16.6 Å². The smallest absolute Gasteiger partial charge is 0.258 e. The minimum atomic E-state index is -0.145. The van der Waals surface area contributed by atoms with Gasteiger partial charge in [-0.25, -0.2) is 0 Å². The van der Waals surface area contributed by atoms with E-state index in [-0.39, 0.29) is 12.5 Å². The maximum Gasteiger partial charge on any atom is 0.258 e. The van der Waals surface area contributed by atoms with E-state index in [1.54, 1.807) is 7.11 Å². The monoisotopic (exact) mass is 315 g/mol. The molecule has 1 aromatic rings. The molecule has 4 nitrogen and oxygen atoms in total. The normalized spacial score (nSPS) is 10.2. The lowest BCUT2D eigenvalue weighted by atomic mass is 10.1. The Morgan fingerprint density at radius 1 is 1.33 bits per heavy atom. The van der Waals surface area contributed by atoms with Crippen LogP contribution in [-0.4, -0.2) is 32.8 Å². The zero-order valence-corrected chi connectivity index (χ0v) is 12.5. The highest BCUT2D eigenvalue weighted by molar-refractivity contribution is 9.10. The van der Waals surface area contributed by atoms with Crippen LogP contribution < -0.4 is 10.1 Å². The summed E-state index contributed by atoms with van der Waals surface area (Å²) < 4.78 is 11.4. The second kappa shape index (κ2) is 7.38. The van der Waals surface area contributed by atoms with E-state index in [0.717, 1.165) is 21.3 Å². The summed E-state index contributed by atoms with van der Waals surface area (Å²) in [7, 11) is 1.59. The van der Waals surface area contributed by atoms with Crippen molar-refractivity contribution in [2.45, 2.75) is 13.8 Å². The summed E-state index contributed by atoms with van der Waals surface area (Å²) in [6.07, 6.45) is 0. The number of methoxy groups -OCH3 is 1. The van der Waals surface area contributed by atoms with Crippen molar-refractivity contribution in [3.8, 4) is 5.75 Å². The fourth-order valence-electron chi connectivity index (χ4n) is 1.61. The van der Waals surface area contributed by atoms with E-state index < -0.39 is 0 Å². The summed E-state index contributed by atoms with van der Waals surface area (Å²) in [6, 6.07) is 3.93. The Morgan fingerprint density at radius 2 is 1.94 bits per heavy atom. The van der Waals surface area contributed by atoms with Crippen LogP contribution in [-0.2, 0) is 9.53 Å². The Hall–Kier alpha value is -1.07. The van der Waals surface area contributed by atoms with Crippen LogP contribution in [0.25, 0.3) is 0 Å². The third kappa shape index (κ3) is 4.66. The molecular formula is C13H18BrNO3. The number of amides is 1. The first-order chi connectivity index (χ1) is 8.54. The highest BCUT2D eigenvalue weighted by atomic mass is 79.9. The Balaban J connectivity index is 2.51. The van der Waals surface area contributed by atoms with E-state index in [1.165, 1.54) is 0 Å². The van der Waals surface area contributed by atoms with Crippen molar-refractivity contribution in [3.05, 3.63) is 27.7 Å². The van der Waals surface area contributed by atoms with Crippen LogP contribution in [0.3, 0.4) is 0 Å². The number of ether oxygens (including phenoxy) is 2. The summed E-state index contributed by atoms with van der Waals surface area (Å²) in [4.78, 5) is 11.5. The number of hydrogen-bond donors (Lipinski definition) is 1. The minimum absolute atomic E-state index is 0.0209. The third-order valence-electron chi connectivity index (χ3n) is 2.40. The van der Waals surface area contributed by atoms with Crippen molar-refractivity contribution in [1.82, 2.24) is 5.32 Å². The molecule has 0 aliphatic rings. The van der Waals surface area contributed by atoms with E-state index in [1.807, 2.05) is 26.0 Å². The number of nitrogens with one attached hydrogen (secondary N) is 1. The van der Waals surface area contributed by atoms with Crippen molar-refractivity contribution in [3.63, 3.8) is 0 Å². The SMILES string of the molecule is COCCNC(=O)COc1c(C)cc(Br)cc1C. The summed E-state index contributed by atoms with van der Waals surface area (Å²) >= 11 is 3.42. The number of rotatable bonds is 6. The first-order valence-corrected chi connectivity index (χ1v) is 6.49. The average Bonchev–Trinajstić information content (AvgIpc) is 2.27. The van der Waals surface area contributed by atoms with E-state index >= 15 is 0 Å². The number of benzene rings is 1. The van der Waals surface area contributed by atoms with Gasteiger partial charge in [-0.3, -0.25) is 4.79 Å². The molecule has 0 radical (unpaired) electrons. The van der Waals surface area contributed by atoms with Gasteiger partial charge in [0.25, 0.3) is 5.91 Å². The Labute approximate surface area is 116 Å². The average molecular weight is 316 g/mol. The standard InChI is InChI=1S/C13H18BrNO3/c1-9-6-11(14)7-10(2)13(9)18-8-12(16)15-4-5-17-3/h6-7H,4-5,8H2,1-3H3,(H,15,16). The van der Waals surface area contributed by atoms with Gasteiger partial charge in [0.2, 0.25) is 0 Å². The topological polar surface area (TPSA) is 47.6 Å². The van der Waals surface area contributed by atoms with Crippen LogP contribution in [0, 0.1) is 13.8 Å². The third-order valence-corrected chi connectivity index (χ3v) is 2.86. The van der Waals surface area contributed by atoms with E-state index in [9.17, 15) is 4.79 Å². The van der Waals surface area contributed by atoms with Crippen molar-refractivity contribution < 1.29 is 14.3 Å². The van der Waals surface area contributed by atoms with E-state index in [4.69, 9.17) is 9.47 Å². The number of carbonyl (C=O) groups excluding carboxylic acids is 1. The van der Waals surface area contributed by atoms with E-state index in [2.05, 4.69) is 21.2 Å². The minimum Gasteiger partial charge on any atom is -0.483 e. The Kier molecular flexibility index (Phi) is 6.15. The van der Waals surface area contributed by atoms with Gasteiger partial charge in [-0.05, 0) is 37.1 Å². The lowest BCUT2D eigenvalue weighted by Crippen LogP contribution is -2.31. The second-order valence-electron chi connectivity index (χ2n) is 4.00. The quantitative estimate of drug-likeness (QED) is 0.819. The molecular weight excluding hydrogens is 298 g/mol. The first-order valence-electron chi connectivity index (χ1n) is 5.69. The second-order valence-corrected chi connectivity index (χ2v) is 4.92. The van der Waals surface area contributed by atoms with Gasteiger partial charge in [-0.2, -0.15) is 0 Å². The Morgan fingerprint density at radius 3 is 2.50 bits per heavy atom. The molecule has 0 aliphatic heterocycles. The first kappa shape index (κ1) is 15.0. The zero-order chi connectivity index (χ0) is 13.5. The van der Waals surface area contributed by atoms with Gasteiger partial charge in [0.05, 0.1) is 6.61 Å². The molecule has 0 atom stereocenters. The maximum absolute atomic E-state index is 11.5. The maximum atomic E-state index is 11.5. The molecule has 0 aromatic heterocycles. The van der Waals surface area contributed by atoms with Crippen LogP contribution in [0.1, 0.15) is 11.1 Å². The molecule has 0 aliphatic carbocycles. The van der Waals surface area contributed by atoms with Gasteiger partial charge in [-0.15, -0.1) is 0 Å². The van der Waals surface area contributed by atoms with Gasteiger partial charge in [-0.1, -0.05) is 15.9 Å². The summed E-state index contributed by atoms with van der Waals surface area (Å²) in [5.41, 5.74) is 2.01. The van der Waals surface area contributed by atoms with Gasteiger partial charge in [0.15, 0.2) is 6.61 Å². The van der Waals surface area contributed by atoms with Crippen molar-refractivity contribution in [1.29, 1.82) is 0 Å². The van der Waals surface area contributed by atoms with Crippen molar-refractivity contribution >= 4 is 21.8 Å². The largest absolute Gasteiger partial charge is 0.483 e. The number of halogens is 1. The zero-order valence-electron chi connectivity index (χ0n) is 10.9. The molecule has 0 spiro atoms. The molecule has 1 rings (SSSR count). The Bertz CT molecular complexity index is 398. The molecule has 1 aromatic carbocycles. The van der Waals surface area contributed by atoms with Crippen molar-refractivity contribution in [2.75, 3.05) is 26.9 Å². The molecule has 0 saturated heterocycles. The molecule has 18 heavy (non-hydrogen) atoms. The number of hydrogen-bond acceptors (Lipinski definition) is 3. The summed E-state index contributed by atoms with van der Waals surface area (Å²) in [5, 5.41) is 2.71. The van der Waals surface area contributed by atoms with Crippen molar-refractivity contribution in [2.24, 2.45) is 0 Å². The molecule has 0 heterocycles. The van der Waals surface area contributed by atoms with Crippen LogP contribution in [0.5, 0.6) is 5.75 Å². The van der Waals surface area contributed by atoms with Gasteiger partial charge < -0.3 is 14.8 Å². The van der Waals surface area contributed by atoms with Gasteiger partial charge >= 0.3 is 0 Å². The predicted octanol–water partition coefficient (Wildman–Crippen LogP) is 2.21. The van der Waals surface area contributed by atoms with Crippen LogP contribution in [0.2, 0.25) is 0 Å². The number of aryl methyl sites for hydroxylation is 2. The predicted molar refractivity (Wildman–Crippen MR) is 74.0 cm³/mol. The van der Waals surface area contributed by atoms with Crippen LogP contribution >= 0.6 is 15.9 Å². The molecule has 0 bridgehead atoms. The summed E-state index contributed by atoms with van der Waals surface area (Å²) in [6.45, 7) is 4.93. The number of carbonyl (C=O) groups is 1. The highest BCUT2D eigenvalue weighted by Gasteiger charge is 2.08. The lowest BCUT2D eigenvalue weighted by molar-refractivity contribution is -0.123. The summed E-state index contributed by atoms with van der Waals surface area (Å²) in [5.74, 6) is 0.619. The van der Waals surface area contributed by atoms with Gasteiger partial charge in [0.1, 0.15) is 5.75 Å². The molecule has 0 saturated carbocycles. The van der Waals surface area contributed by atoms with Crippen LogP contribution in [0.4, 0.5) is 0 Å². The molecule has 1 N–H and O–H groups in total. The molecule has 5 heteroatoms. The highest BCUT2D eigenvalue weighted by Crippen LogP contribution is 2.27.